The largest absolute Gasteiger partial charge is 0.481 e. The zero-order valence-corrected chi connectivity index (χ0v) is 15.3. The fraction of sp³-hybridized carbons (Fsp3) is 0.526. The van der Waals surface area contributed by atoms with Gasteiger partial charge in [0.2, 0.25) is 5.60 Å². The fourth-order valence-electron chi connectivity index (χ4n) is 3.60. The van der Waals surface area contributed by atoms with E-state index in [2.05, 4.69) is 10.5 Å². The lowest BCUT2D eigenvalue weighted by Crippen LogP contribution is -2.51. The third kappa shape index (κ3) is 4.18. The highest BCUT2D eigenvalue weighted by Gasteiger charge is 2.49. The van der Waals surface area contributed by atoms with Crippen LogP contribution in [0.1, 0.15) is 56.9 Å². The van der Waals surface area contributed by atoms with Gasteiger partial charge in [-0.1, -0.05) is 60.6 Å². The molecule has 26 heavy (non-hydrogen) atoms. The second-order valence-corrected chi connectivity index (χ2v) is 7.42. The van der Waals surface area contributed by atoms with Gasteiger partial charge in [0.25, 0.3) is 5.91 Å². The SMILES string of the molecule is O=C(O)CC1(C(=O)NC2CCCCCC2)CC(c2ccccc2Cl)=NO1. The second kappa shape index (κ2) is 8.08. The van der Waals surface area contributed by atoms with Crippen LogP contribution in [0.2, 0.25) is 5.02 Å². The molecule has 1 aliphatic heterocycles. The second-order valence-electron chi connectivity index (χ2n) is 7.01. The first-order valence-electron chi connectivity index (χ1n) is 9.03. The molecule has 0 radical (unpaired) electrons. The third-order valence-electron chi connectivity index (χ3n) is 5.01. The maximum Gasteiger partial charge on any atom is 0.308 e. The van der Waals surface area contributed by atoms with Crippen molar-refractivity contribution in [3.63, 3.8) is 0 Å². The molecule has 0 spiro atoms. The summed E-state index contributed by atoms with van der Waals surface area (Å²) < 4.78 is 0. The van der Waals surface area contributed by atoms with Crippen molar-refractivity contribution in [3.8, 4) is 0 Å². The number of halogens is 1. The number of nitrogens with one attached hydrogen (secondary N) is 1. The Bertz CT molecular complexity index is 713. The van der Waals surface area contributed by atoms with Crippen molar-refractivity contribution in [1.29, 1.82) is 0 Å². The van der Waals surface area contributed by atoms with Crippen LogP contribution in [0, 0.1) is 0 Å². The van der Waals surface area contributed by atoms with E-state index < -0.39 is 23.9 Å². The quantitative estimate of drug-likeness (QED) is 0.767. The standard InChI is InChI=1S/C19H23ClN2O4/c20-15-10-6-5-9-14(15)16-11-19(26-22-16,12-17(23)24)18(25)21-13-7-3-1-2-4-8-13/h5-6,9-10,13H,1-4,7-8,11-12H2,(H,21,25)(H,23,24). The highest BCUT2D eigenvalue weighted by molar-refractivity contribution is 6.34. The molecule has 1 aromatic rings. The smallest absolute Gasteiger partial charge is 0.308 e. The van der Waals surface area contributed by atoms with Crippen molar-refractivity contribution in [2.24, 2.45) is 5.16 Å². The number of rotatable bonds is 5. The van der Waals surface area contributed by atoms with Crippen LogP contribution in [0.3, 0.4) is 0 Å². The third-order valence-corrected chi connectivity index (χ3v) is 5.34. The maximum atomic E-state index is 12.9. The average Bonchev–Trinajstić information content (AvgIpc) is 2.85. The zero-order chi connectivity index (χ0) is 18.6. The molecule has 7 heteroatoms. The minimum atomic E-state index is -1.52. The monoisotopic (exact) mass is 378 g/mol. The first-order valence-corrected chi connectivity index (χ1v) is 9.41. The van der Waals surface area contributed by atoms with Gasteiger partial charge in [-0.2, -0.15) is 0 Å². The lowest BCUT2D eigenvalue weighted by Gasteiger charge is -2.26. The molecule has 1 aliphatic carbocycles. The topological polar surface area (TPSA) is 88.0 Å². The van der Waals surface area contributed by atoms with Crippen LogP contribution >= 0.6 is 11.6 Å². The van der Waals surface area contributed by atoms with Gasteiger partial charge in [0.1, 0.15) is 0 Å². The molecule has 6 nitrogen and oxygen atoms in total. The van der Waals surface area contributed by atoms with Crippen LogP contribution < -0.4 is 5.32 Å². The van der Waals surface area contributed by atoms with E-state index >= 15 is 0 Å². The average molecular weight is 379 g/mol. The van der Waals surface area contributed by atoms with Crippen molar-refractivity contribution in [2.75, 3.05) is 0 Å². The van der Waals surface area contributed by atoms with Crippen LogP contribution in [0.5, 0.6) is 0 Å². The number of carbonyl (C=O) groups excluding carboxylic acids is 1. The molecular formula is C19H23ClN2O4. The molecule has 2 aliphatic rings. The molecule has 1 amide bonds. The molecule has 140 valence electrons. The number of amides is 1. The van der Waals surface area contributed by atoms with Gasteiger partial charge in [-0.15, -0.1) is 0 Å². The van der Waals surface area contributed by atoms with E-state index in [1.54, 1.807) is 18.2 Å². The Morgan fingerprint density at radius 3 is 2.58 bits per heavy atom. The first kappa shape index (κ1) is 18.7. The summed E-state index contributed by atoms with van der Waals surface area (Å²) in [5.41, 5.74) is -0.372. The molecule has 3 rings (SSSR count). The van der Waals surface area contributed by atoms with Crippen LogP contribution in [-0.4, -0.2) is 34.3 Å². The predicted octanol–water partition coefficient (Wildman–Crippen LogP) is 3.52. The molecule has 2 N–H and O–H groups in total. The lowest BCUT2D eigenvalue weighted by molar-refractivity contribution is -0.156. The molecule has 1 saturated carbocycles. The highest BCUT2D eigenvalue weighted by atomic mass is 35.5. The lowest BCUT2D eigenvalue weighted by atomic mass is 9.89. The van der Waals surface area contributed by atoms with E-state index in [1.165, 1.54) is 12.8 Å². The fourth-order valence-corrected chi connectivity index (χ4v) is 3.84. The van der Waals surface area contributed by atoms with Gasteiger partial charge in [0.05, 0.1) is 12.1 Å². The number of benzene rings is 1. The Kier molecular flexibility index (Phi) is 5.81. The molecular weight excluding hydrogens is 356 g/mol. The zero-order valence-electron chi connectivity index (χ0n) is 14.5. The summed E-state index contributed by atoms with van der Waals surface area (Å²) in [5, 5.41) is 16.8. The van der Waals surface area contributed by atoms with Crippen molar-refractivity contribution in [3.05, 3.63) is 34.9 Å². The van der Waals surface area contributed by atoms with Gasteiger partial charge in [-0.25, -0.2) is 0 Å². The number of hydrogen-bond acceptors (Lipinski definition) is 4. The van der Waals surface area contributed by atoms with E-state index in [9.17, 15) is 14.7 Å². The Balaban J connectivity index is 1.76. The van der Waals surface area contributed by atoms with Crippen molar-refractivity contribution >= 4 is 29.2 Å². The number of aliphatic carboxylic acids is 1. The summed E-state index contributed by atoms with van der Waals surface area (Å²) >= 11 is 6.20. The Labute approximate surface area is 157 Å². The maximum absolute atomic E-state index is 12.9. The summed E-state index contributed by atoms with van der Waals surface area (Å²) in [6.07, 6.45) is 5.94. The molecule has 0 aromatic heterocycles. The van der Waals surface area contributed by atoms with Crippen molar-refractivity contribution in [1.82, 2.24) is 5.32 Å². The highest BCUT2D eigenvalue weighted by Crippen LogP contribution is 2.33. The van der Waals surface area contributed by atoms with E-state index in [-0.39, 0.29) is 12.5 Å². The van der Waals surface area contributed by atoms with Gasteiger partial charge in [0, 0.05) is 23.0 Å². The number of carboxylic acid groups (broad SMARTS) is 1. The van der Waals surface area contributed by atoms with Crippen LogP contribution in [0.25, 0.3) is 0 Å². The number of hydrogen-bond donors (Lipinski definition) is 2. The van der Waals surface area contributed by atoms with Gasteiger partial charge in [-0.3, -0.25) is 9.59 Å². The van der Waals surface area contributed by atoms with Crippen LogP contribution in [-0.2, 0) is 14.4 Å². The van der Waals surface area contributed by atoms with Gasteiger partial charge in [-0.05, 0) is 18.9 Å². The normalized spacial score (nSPS) is 23.7. The summed E-state index contributed by atoms with van der Waals surface area (Å²) in [6, 6.07) is 7.17. The van der Waals surface area contributed by atoms with E-state index in [0.717, 1.165) is 25.7 Å². The molecule has 1 atom stereocenters. The molecule has 1 unspecified atom stereocenters. The number of carbonyl (C=O) groups is 2. The minimum absolute atomic E-state index is 0.0589. The summed E-state index contributed by atoms with van der Waals surface area (Å²) in [5.74, 6) is -1.51. The summed E-state index contributed by atoms with van der Waals surface area (Å²) in [6.45, 7) is 0. The van der Waals surface area contributed by atoms with E-state index in [4.69, 9.17) is 16.4 Å². The Morgan fingerprint density at radius 2 is 1.92 bits per heavy atom. The summed E-state index contributed by atoms with van der Waals surface area (Å²) in [7, 11) is 0. The number of oxime groups is 1. The van der Waals surface area contributed by atoms with Gasteiger partial charge < -0.3 is 15.3 Å². The van der Waals surface area contributed by atoms with Crippen molar-refractivity contribution < 1.29 is 19.5 Å². The van der Waals surface area contributed by atoms with Crippen LogP contribution in [0.4, 0.5) is 0 Å². The minimum Gasteiger partial charge on any atom is -0.481 e. The molecule has 1 aromatic carbocycles. The molecule has 0 bridgehead atoms. The number of carboxylic acids is 1. The van der Waals surface area contributed by atoms with Gasteiger partial charge in [0.15, 0.2) is 0 Å². The van der Waals surface area contributed by atoms with E-state index in [0.29, 0.717) is 16.3 Å². The predicted molar refractivity (Wildman–Crippen MR) is 98.3 cm³/mol. The summed E-state index contributed by atoms with van der Waals surface area (Å²) in [4.78, 5) is 29.8. The van der Waals surface area contributed by atoms with Crippen LogP contribution in [0.15, 0.2) is 29.4 Å². The molecule has 0 saturated heterocycles. The first-order chi connectivity index (χ1) is 12.5. The molecule has 1 fully saturated rings. The number of nitrogens with zero attached hydrogens (tertiary/aromatic N) is 1. The Hall–Kier alpha value is -2.08. The van der Waals surface area contributed by atoms with Gasteiger partial charge >= 0.3 is 5.97 Å². The Morgan fingerprint density at radius 1 is 1.23 bits per heavy atom. The van der Waals surface area contributed by atoms with E-state index in [1.807, 2.05) is 6.07 Å². The van der Waals surface area contributed by atoms with Crippen molar-refractivity contribution in [2.45, 2.75) is 63.0 Å². The molecule has 1 heterocycles.